The van der Waals surface area contributed by atoms with E-state index in [1.165, 1.54) is 6.07 Å². The van der Waals surface area contributed by atoms with E-state index in [9.17, 15) is 8.42 Å². The molecule has 1 atom stereocenters. The summed E-state index contributed by atoms with van der Waals surface area (Å²) in [5.41, 5.74) is 7.81. The number of anilines is 1. The molecule has 6 heteroatoms. The summed E-state index contributed by atoms with van der Waals surface area (Å²) in [6, 6.07) is 3.13. The second-order valence-corrected chi connectivity index (χ2v) is 6.68. The van der Waals surface area contributed by atoms with Gasteiger partial charge in [0, 0.05) is 18.3 Å². The zero-order valence-corrected chi connectivity index (χ0v) is 12.1. The van der Waals surface area contributed by atoms with Crippen LogP contribution in [0, 0.1) is 13.8 Å². The van der Waals surface area contributed by atoms with Crippen LogP contribution in [0.15, 0.2) is 17.0 Å². The van der Waals surface area contributed by atoms with Crippen molar-refractivity contribution in [2.24, 2.45) is 0 Å². The highest BCUT2D eigenvalue weighted by Gasteiger charge is 2.24. The molecular weight excluding hydrogens is 264 g/mol. The molecule has 1 aliphatic rings. The standard InChI is InChI=1S/C13H20N2O3S/c1-9-6-11(14)7-13(10(9)2)19(16,17)15-12-4-3-5-18-8-12/h6-7,12,15H,3-5,8,14H2,1-2H3. The number of nitrogen functional groups attached to an aromatic ring is 1. The molecule has 1 saturated heterocycles. The summed E-state index contributed by atoms with van der Waals surface area (Å²) in [5.74, 6) is 0. The van der Waals surface area contributed by atoms with Gasteiger partial charge in [-0.1, -0.05) is 0 Å². The summed E-state index contributed by atoms with van der Waals surface area (Å²) in [6.45, 7) is 4.78. The van der Waals surface area contributed by atoms with Crippen molar-refractivity contribution in [3.63, 3.8) is 0 Å². The second kappa shape index (κ2) is 5.48. The average molecular weight is 284 g/mol. The number of ether oxygens (including phenoxy) is 1. The van der Waals surface area contributed by atoms with E-state index in [0.29, 0.717) is 18.9 Å². The zero-order chi connectivity index (χ0) is 14.0. The zero-order valence-electron chi connectivity index (χ0n) is 11.3. The Bertz CT molecular complexity index is 563. The van der Waals surface area contributed by atoms with Crippen molar-refractivity contribution in [2.45, 2.75) is 37.6 Å². The topological polar surface area (TPSA) is 81.4 Å². The number of rotatable bonds is 3. The van der Waals surface area contributed by atoms with Crippen LogP contribution in [-0.2, 0) is 14.8 Å². The Morgan fingerprint density at radius 3 is 2.74 bits per heavy atom. The van der Waals surface area contributed by atoms with E-state index in [2.05, 4.69) is 4.72 Å². The smallest absolute Gasteiger partial charge is 0.241 e. The minimum atomic E-state index is -3.55. The molecule has 0 bridgehead atoms. The minimum Gasteiger partial charge on any atom is -0.399 e. The van der Waals surface area contributed by atoms with Gasteiger partial charge in [-0.05, 0) is 49.9 Å². The first-order valence-corrected chi connectivity index (χ1v) is 7.85. The van der Waals surface area contributed by atoms with Crippen LogP contribution in [0.4, 0.5) is 5.69 Å². The monoisotopic (exact) mass is 284 g/mol. The van der Waals surface area contributed by atoms with Gasteiger partial charge in [0.15, 0.2) is 0 Å². The highest BCUT2D eigenvalue weighted by atomic mass is 32.2. The number of sulfonamides is 1. The van der Waals surface area contributed by atoms with Crippen LogP contribution in [-0.4, -0.2) is 27.7 Å². The van der Waals surface area contributed by atoms with Crippen molar-refractivity contribution < 1.29 is 13.2 Å². The van der Waals surface area contributed by atoms with E-state index >= 15 is 0 Å². The maximum atomic E-state index is 12.4. The molecule has 1 heterocycles. The number of hydrogen-bond donors (Lipinski definition) is 2. The average Bonchev–Trinajstić information content (AvgIpc) is 2.34. The SMILES string of the molecule is Cc1cc(N)cc(S(=O)(=O)NC2CCCOC2)c1C. The fraction of sp³-hybridized carbons (Fsp3) is 0.538. The van der Waals surface area contributed by atoms with Crippen LogP contribution in [0.25, 0.3) is 0 Å². The van der Waals surface area contributed by atoms with Crippen molar-refractivity contribution in [1.29, 1.82) is 0 Å². The van der Waals surface area contributed by atoms with Crippen LogP contribution >= 0.6 is 0 Å². The minimum absolute atomic E-state index is 0.153. The van der Waals surface area contributed by atoms with Crippen LogP contribution < -0.4 is 10.5 Å². The van der Waals surface area contributed by atoms with Gasteiger partial charge in [0.05, 0.1) is 11.5 Å². The van der Waals surface area contributed by atoms with Crippen LogP contribution in [0.1, 0.15) is 24.0 Å². The van der Waals surface area contributed by atoms with E-state index in [1.54, 1.807) is 13.0 Å². The van der Waals surface area contributed by atoms with Gasteiger partial charge in [-0.15, -0.1) is 0 Å². The first-order chi connectivity index (χ1) is 8.90. The number of nitrogens with one attached hydrogen (secondary N) is 1. The number of aryl methyl sites for hydroxylation is 1. The molecule has 1 aromatic carbocycles. The summed E-state index contributed by atoms with van der Waals surface area (Å²) in [6.07, 6.45) is 1.68. The van der Waals surface area contributed by atoms with E-state index < -0.39 is 10.0 Å². The maximum Gasteiger partial charge on any atom is 0.241 e. The Labute approximate surface area is 114 Å². The summed E-state index contributed by atoms with van der Waals surface area (Å²) in [7, 11) is -3.55. The lowest BCUT2D eigenvalue weighted by molar-refractivity contribution is 0.0774. The quantitative estimate of drug-likeness (QED) is 0.821. The predicted molar refractivity (Wildman–Crippen MR) is 74.5 cm³/mol. The molecule has 0 saturated carbocycles. The van der Waals surface area contributed by atoms with Crippen LogP contribution in [0.2, 0.25) is 0 Å². The molecule has 5 nitrogen and oxygen atoms in total. The Morgan fingerprint density at radius 2 is 2.11 bits per heavy atom. The third-order valence-corrected chi connectivity index (χ3v) is 5.06. The molecule has 1 fully saturated rings. The molecule has 1 aromatic rings. The molecule has 0 amide bonds. The fourth-order valence-corrected chi connectivity index (χ4v) is 3.86. The van der Waals surface area contributed by atoms with Gasteiger partial charge < -0.3 is 10.5 Å². The third kappa shape index (κ3) is 3.26. The van der Waals surface area contributed by atoms with Crippen molar-refractivity contribution in [1.82, 2.24) is 4.72 Å². The number of nitrogens with two attached hydrogens (primary N) is 1. The van der Waals surface area contributed by atoms with E-state index in [4.69, 9.17) is 10.5 Å². The Hall–Kier alpha value is -1.11. The van der Waals surface area contributed by atoms with Crippen molar-refractivity contribution in [2.75, 3.05) is 18.9 Å². The lowest BCUT2D eigenvalue weighted by Gasteiger charge is -2.23. The van der Waals surface area contributed by atoms with Crippen LogP contribution in [0.5, 0.6) is 0 Å². The summed E-state index contributed by atoms with van der Waals surface area (Å²) >= 11 is 0. The highest BCUT2D eigenvalue weighted by Crippen LogP contribution is 2.23. The van der Waals surface area contributed by atoms with E-state index in [0.717, 1.165) is 24.0 Å². The Morgan fingerprint density at radius 1 is 1.37 bits per heavy atom. The number of hydrogen-bond acceptors (Lipinski definition) is 4. The molecule has 3 N–H and O–H groups in total. The lowest BCUT2D eigenvalue weighted by atomic mass is 10.1. The Balaban J connectivity index is 2.28. The summed E-state index contributed by atoms with van der Waals surface area (Å²) in [4.78, 5) is 0.260. The molecule has 1 unspecified atom stereocenters. The molecule has 1 aliphatic heterocycles. The van der Waals surface area contributed by atoms with Gasteiger partial charge in [-0.25, -0.2) is 13.1 Å². The van der Waals surface area contributed by atoms with Gasteiger partial charge in [-0.2, -0.15) is 0 Å². The van der Waals surface area contributed by atoms with Gasteiger partial charge in [0.25, 0.3) is 0 Å². The van der Waals surface area contributed by atoms with Crippen molar-refractivity contribution >= 4 is 15.7 Å². The summed E-state index contributed by atoms with van der Waals surface area (Å²) < 4.78 is 32.8. The van der Waals surface area contributed by atoms with E-state index in [1.807, 2.05) is 6.92 Å². The maximum absolute atomic E-state index is 12.4. The van der Waals surface area contributed by atoms with Crippen LogP contribution in [0.3, 0.4) is 0 Å². The predicted octanol–water partition coefficient (Wildman–Crippen LogP) is 1.34. The fourth-order valence-electron chi connectivity index (χ4n) is 2.25. The first-order valence-electron chi connectivity index (χ1n) is 6.37. The third-order valence-electron chi connectivity index (χ3n) is 3.41. The largest absolute Gasteiger partial charge is 0.399 e. The normalized spacial score (nSPS) is 20.4. The van der Waals surface area contributed by atoms with Gasteiger partial charge in [0.1, 0.15) is 0 Å². The van der Waals surface area contributed by atoms with Gasteiger partial charge >= 0.3 is 0 Å². The molecular formula is C13H20N2O3S. The van der Waals surface area contributed by atoms with E-state index in [-0.39, 0.29) is 10.9 Å². The molecule has 2 rings (SSSR count). The van der Waals surface area contributed by atoms with Gasteiger partial charge in [0.2, 0.25) is 10.0 Å². The summed E-state index contributed by atoms with van der Waals surface area (Å²) in [5, 5.41) is 0. The molecule has 0 aromatic heterocycles. The molecule has 19 heavy (non-hydrogen) atoms. The molecule has 106 valence electrons. The lowest BCUT2D eigenvalue weighted by Crippen LogP contribution is -2.40. The van der Waals surface area contributed by atoms with Gasteiger partial charge in [-0.3, -0.25) is 0 Å². The van der Waals surface area contributed by atoms with Crippen molar-refractivity contribution in [3.05, 3.63) is 23.3 Å². The molecule has 0 aliphatic carbocycles. The molecule has 0 spiro atoms. The van der Waals surface area contributed by atoms with Crippen molar-refractivity contribution in [3.8, 4) is 0 Å². The second-order valence-electron chi connectivity index (χ2n) is 5.00. The first kappa shape index (κ1) is 14.3. The number of benzene rings is 1. The molecule has 0 radical (unpaired) electrons. The Kier molecular flexibility index (Phi) is 4.13. The highest BCUT2D eigenvalue weighted by molar-refractivity contribution is 7.89.